The first kappa shape index (κ1) is 13.6. The molecule has 19 heavy (non-hydrogen) atoms. The Hall–Kier alpha value is -1.81. The first-order chi connectivity index (χ1) is 9.10. The van der Waals surface area contributed by atoms with Crippen LogP contribution in [0.5, 0.6) is 5.75 Å². The number of nitrogens with one attached hydrogen (secondary N) is 1. The van der Waals surface area contributed by atoms with Gasteiger partial charge in [-0.2, -0.15) is 0 Å². The second-order valence-corrected chi connectivity index (χ2v) is 4.35. The largest absolute Gasteiger partial charge is 0.494 e. The molecule has 2 rings (SSSR count). The van der Waals surface area contributed by atoms with Gasteiger partial charge >= 0.3 is 0 Å². The summed E-state index contributed by atoms with van der Waals surface area (Å²) in [5, 5.41) is 3.30. The zero-order valence-electron chi connectivity index (χ0n) is 10.2. The van der Waals surface area contributed by atoms with Crippen molar-refractivity contribution < 1.29 is 13.5 Å². The molecule has 0 aliphatic carbocycles. The molecule has 0 aliphatic rings. The summed E-state index contributed by atoms with van der Waals surface area (Å²) < 4.78 is 31.2. The topological polar surface area (TPSA) is 21.3 Å². The Labute approximate surface area is 115 Å². The lowest BCUT2D eigenvalue weighted by atomic mass is 10.2. The molecule has 0 unspecified atom stereocenters. The van der Waals surface area contributed by atoms with Crippen LogP contribution in [-0.4, -0.2) is 7.11 Å². The molecule has 0 fully saturated rings. The van der Waals surface area contributed by atoms with Crippen molar-refractivity contribution in [2.45, 2.75) is 6.54 Å². The fraction of sp³-hybridized carbons (Fsp3) is 0.143. The lowest BCUT2D eigenvalue weighted by Crippen LogP contribution is -2.01. The number of halogens is 3. The molecule has 0 heterocycles. The van der Waals surface area contributed by atoms with Crippen LogP contribution in [0, 0.1) is 11.6 Å². The normalized spacial score (nSPS) is 10.3. The summed E-state index contributed by atoms with van der Waals surface area (Å²) in [6.07, 6.45) is 0. The van der Waals surface area contributed by atoms with E-state index in [2.05, 4.69) is 5.32 Å². The van der Waals surface area contributed by atoms with Gasteiger partial charge in [0.25, 0.3) is 0 Å². The van der Waals surface area contributed by atoms with Gasteiger partial charge < -0.3 is 10.1 Å². The van der Waals surface area contributed by atoms with Gasteiger partial charge in [-0.05, 0) is 35.9 Å². The van der Waals surface area contributed by atoms with Crippen LogP contribution in [0.25, 0.3) is 0 Å². The molecule has 2 aromatic rings. The van der Waals surface area contributed by atoms with Crippen molar-refractivity contribution in [2.24, 2.45) is 0 Å². The van der Waals surface area contributed by atoms with Gasteiger partial charge in [0.2, 0.25) is 0 Å². The van der Waals surface area contributed by atoms with Gasteiger partial charge in [0.1, 0.15) is 5.82 Å². The summed E-state index contributed by atoms with van der Waals surface area (Å²) >= 11 is 5.88. The number of methoxy groups -OCH3 is 1. The number of hydrogen-bond acceptors (Lipinski definition) is 2. The van der Waals surface area contributed by atoms with E-state index < -0.39 is 11.6 Å². The summed E-state index contributed by atoms with van der Waals surface area (Å²) in [6, 6.07) is 8.74. The molecule has 2 nitrogen and oxygen atoms in total. The monoisotopic (exact) mass is 283 g/mol. The Kier molecular flexibility index (Phi) is 4.22. The van der Waals surface area contributed by atoms with Crippen molar-refractivity contribution in [3.63, 3.8) is 0 Å². The van der Waals surface area contributed by atoms with Crippen molar-refractivity contribution in [3.05, 3.63) is 58.6 Å². The third kappa shape index (κ3) is 3.35. The second kappa shape index (κ2) is 5.89. The second-order valence-electron chi connectivity index (χ2n) is 3.95. The molecule has 100 valence electrons. The molecule has 0 bridgehead atoms. The van der Waals surface area contributed by atoms with E-state index in [1.54, 1.807) is 12.1 Å². The predicted octanol–water partition coefficient (Wildman–Crippen LogP) is 4.24. The van der Waals surface area contributed by atoms with Crippen LogP contribution in [0.4, 0.5) is 14.5 Å². The van der Waals surface area contributed by atoms with Gasteiger partial charge in [-0.25, -0.2) is 8.78 Å². The summed E-state index contributed by atoms with van der Waals surface area (Å²) in [4.78, 5) is 0. The number of hydrogen-bond donors (Lipinski definition) is 1. The van der Waals surface area contributed by atoms with E-state index in [4.69, 9.17) is 16.3 Å². The Bertz CT molecular complexity index is 590. The zero-order chi connectivity index (χ0) is 13.8. The SMILES string of the molecule is COc1ccc(CNc2ccc(F)cc2Cl)cc1F. The summed E-state index contributed by atoms with van der Waals surface area (Å²) in [5.41, 5.74) is 1.33. The number of benzene rings is 2. The van der Waals surface area contributed by atoms with Crippen molar-refractivity contribution in [2.75, 3.05) is 12.4 Å². The van der Waals surface area contributed by atoms with E-state index in [0.29, 0.717) is 12.2 Å². The fourth-order valence-corrected chi connectivity index (χ4v) is 1.88. The molecule has 5 heteroatoms. The maximum atomic E-state index is 13.5. The van der Waals surface area contributed by atoms with E-state index >= 15 is 0 Å². The van der Waals surface area contributed by atoms with Crippen LogP contribution in [0.2, 0.25) is 5.02 Å². The molecule has 0 amide bonds. The smallest absolute Gasteiger partial charge is 0.165 e. The molecule has 0 spiro atoms. The molecule has 2 aromatic carbocycles. The lowest BCUT2D eigenvalue weighted by Gasteiger charge is -2.09. The van der Waals surface area contributed by atoms with Crippen LogP contribution in [0.1, 0.15) is 5.56 Å². The van der Waals surface area contributed by atoms with E-state index in [9.17, 15) is 8.78 Å². The van der Waals surface area contributed by atoms with E-state index in [1.807, 2.05) is 0 Å². The molecule has 0 radical (unpaired) electrons. The quantitative estimate of drug-likeness (QED) is 0.906. The standard InChI is InChI=1S/C14H12ClF2NO/c1-19-14-5-2-9(6-12(14)17)8-18-13-4-3-10(16)7-11(13)15/h2-7,18H,8H2,1H3. The molecule has 0 aliphatic heterocycles. The van der Waals surface area contributed by atoms with Crippen molar-refractivity contribution in [1.29, 1.82) is 0 Å². The van der Waals surface area contributed by atoms with Gasteiger partial charge in [-0.3, -0.25) is 0 Å². The Morgan fingerprint density at radius 2 is 1.95 bits per heavy atom. The molecule has 0 aromatic heterocycles. The van der Waals surface area contributed by atoms with Crippen LogP contribution in [-0.2, 0) is 6.54 Å². The Balaban J connectivity index is 2.08. The van der Waals surface area contributed by atoms with Crippen LogP contribution >= 0.6 is 11.6 Å². The van der Waals surface area contributed by atoms with Gasteiger partial charge in [-0.1, -0.05) is 17.7 Å². The Morgan fingerprint density at radius 1 is 1.16 bits per heavy atom. The third-order valence-electron chi connectivity index (χ3n) is 2.63. The lowest BCUT2D eigenvalue weighted by molar-refractivity contribution is 0.386. The average Bonchev–Trinajstić information content (AvgIpc) is 2.38. The molecule has 1 N–H and O–H groups in total. The minimum Gasteiger partial charge on any atom is -0.494 e. The minimum atomic E-state index is -0.424. The average molecular weight is 284 g/mol. The highest BCUT2D eigenvalue weighted by atomic mass is 35.5. The van der Waals surface area contributed by atoms with Crippen LogP contribution in [0.3, 0.4) is 0 Å². The van der Waals surface area contributed by atoms with Crippen molar-refractivity contribution in [1.82, 2.24) is 0 Å². The van der Waals surface area contributed by atoms with Crippen molar-refractivity contribution in [3.8, 4) is 5.75 Å². The minimum absolute atomic E-state index is 0.198. The fourth-order valence-electron chi connectivity index (χ4n) is 1.65. The maximum Gasteiger partial charge on any atom is 0.165 e. The first-order valence-electron chi connectivity index (χ1n) is 5.61. The predicted molar refractivity (Wildman–Crippen MR) is 71.7 cm³/mol. The molecule has 0 saturated heterocycles. The highest BCUT2D eigenvalue weighted by Gasteiger charge is 2.05. The summed E-state index contributed by atoms with van der Waals surface area (Å²) in [7, 11) is 1.41. The number of anilines is 1. The van der Waals surface area contributed by atoms with E-state index in [-0.39, 0.29) is 10.8 Å². The Morgan fingerprint density at radius 3 is 2.58 bits per heavy atom. The van der Waals surface area contributed by atoms with Crippen LogP contribution in [0.15, 0.2) is 36.4 Å². The molecular weight excluding hydrogens is 272 g/mol. The molecule has 0 atom stereocenters. The van der Waals surface area contributed by atoms with Crippen LogP contribution < -0.4 is 10.1 Å². The van der Waals surface area contributed by atoms with Gasteiger partial charge in [0.05, 0.1) is 17.8 Å². The highest BCUT2D eigenvalue weighted by molar-refractivity contribution is 6.33. The van der Waals surface area contributed by atoms with Crippen molar-refractivity contribution >= 4 is 17.3 Å². The number of ether oxygens (including phenoxy) is 1. The number of rotatable bonds is 4. The summed E-state index contributed by atoms with van der Waals surface area (Å²) in [5.74, 6) is -0.624. The van der Waals surface area contributed by atoms with E-state index in [0.717, 1.165) is 5.56 Å². The van der Waals surface area contributed by atoms with E-state index in [1.165, 1.54) is 31.4 Å². The van der Waals surface area contributed by atoms with Gasteiger partial charge in [-0.15, -0.1) is 0 Å². The zero-order valence-corrected chi connectivity index (χ0v) is 11.0. The maximum absolute atomic E-state index is 13.5. The van der Waals surface area contributed by atoms with Gasteiger partial charge in [0, 0.05) is 6.54 Å². The third-order valence-corrected chi connectivity index (χ3v) is 2.94. The highest BCUT2D eigenvalue weighted by Crippen LogP contribution is 2.24. The summed E-state index contributed by atoms with van der Waals surface area (Å²) in [6.45, 7) is 0.381. The first-order valence-corrected chi connectivity index (χ1v) is 5.99. The van der Waals surface area contributed by atoms with Gasteiger partial charge in [0.15, 0.2) is 11.6 Å². The molecule has 0 saturated carbocycles. The molecular formula is C14H12ClF2NO.